The first kappa shape index (κ1) is 11.5. The number of benzene rings is 1. The molecule has 1 aliphatic heterocycles. The lowest BCUT2D eigenvalue weighted by atomic mass is 10.1. The Morgan fingerprint density at radius 1 is 1.25 bits per heavy atom. The second kappa shape index (κ2) is 4.88. The molecule has 1 N–H and O–H groups in total. The molecule has 0 radical (unpaired) electrons. The molecular formula is C14H22N2. The lowest BCUT2D eigenvalue weighted by molar-refractivity contribution is 0.566. The number of anilines is 1. The highest BCUT2D eigenvalue weighted by Crippen LogP contribution is 2.22. The molecular weight excluding hydrogens is 196 g/mol. The fourth-order valence-corrected chi connectivity index (χ4v) is 2.31. The molecule has 0 bridgehead atoms. The monoisotopic (exact) mass is 218 g/mol. The molecule has 1 unspecified atom stereocenters. The Morgan fingerprint density at radius 3 is 2.88 bits per heavy atom. The zero-order chi connectivity index (χ0) is 11.5. The van der Waals surface area contributed by atoms with Crippen molar-refractivity contribution in [3.8, 4) is 0 Å². The van der Waals surface area contributed by atoms with Gasteiger partial charge in [-0.1, -0.05) is 12.1 Å². The number of hydrogen-bond acceptors (Lipinski definition) is 2. The van der Waals surface area contributed by atoms with Gasteiger partial charge in [-0.15, -0.1) is 0 Å². The summed E-state index contributed by atoms with van der Waals surface area (Å²) in [5.41, 5.74) is 4.15. The maximum absolute atomic E-state index is 3.54. The Hall–Kier alpha value is -1.02. The van der Waals surface area contributed by atoms with Crippen LogP contribution in [0.25, 0.3) is 0 Å². The highest BCUT2D eigenvalue weighted by molar-refractivity contribution is 5.55. The molecule has 1 saturated heterocycles. The van der Waals surface area contributed by atoms with Gasteiger partial charge in [-0.2, -0.15) is 0 Å². The zero-order valence-corrected chi connectivity index (χ0v) is 10.6. The van der Waals surface area contributed by atoms with Gasteiger partial charge >= 0.3 is 0 Å². The molecule has 0 aliphatic carbocycles. The maximum Gasteiger partial charge on any atom is 0.0399 e. The van der Waals surface area contributed by atoms with E-state index in [1.165, 1.54) is 29.8 Å². The highest BCUT2D eigenvalue weighted by Gasteiger charge is 2.14. The minimum Gasteiger partial charge on any atom is -0.370 e. The lowest BCUT2D eigenvalue weighted by Gasteiger charge is -2.24. The Balaban J connectivity index is 2.19. The standard InChI is InChI=1S/C14H22N2/c1-11-4-5-12(2)14(10-11)16-8-6-13(3)15-7-9-16/h4-5,10,13,15H,6-9H2,1-3H3. The van der Waals surface area contributed by atoms with Crippen molar-refractivity contribution >= 4 is 5.69 Å². The third-order valence-corrected chi connectivity index (χ3v) is 3.41. The van der Waals surface area contributed by atoms with Crippen molar-refractivity contribution in [2.75, 3.05) is 24.5 Å². The van der Waals surface area contributed by atoms with Gasteiger partial charge in [0.1, 0.15) is 0 Å². The summed E-state index contributed by atoms with van der Waals surface area (Å²) in [6.45, 7) is 10.0. The van der Waals surface area contributed by atoms with Gasteiger partial charge in [0, 0.05) is 31.4 Å². The van der Waals surface area contributed by atoms with E-state index in [0.29, 0.717) is 6.04 Å². The molecule has 1 fully saturated rings. The smallest absolute Gasteiger partial charge is 0.0399 e. The predicted octanol–water partition coefficient (Wildman–Crippen LogP) is 2.49. The van der Waals surface area contributed by atoms with Crippen LogP contribution in [0.4, 0.5) is 5.69 Å². The number of rotatable bonds is 1. The van der Waals surface area contributed by atoms with Crippen LogP contribution in [0, 0.1) is 13.8 Å². The molecule has 1 heterocycles. The van der Waals surface area contributed by atoms with Crippen molar-refractivity contribution in [3.63, 3.8) is 0 Å². The van der Waals surface area contributed by atoms with Crippen molar-refractivity contribution in [3.05, 3.63) is 29.3 Å². The zero-order valence-electron chi connectivity index (χ0n) is 10.6. The van der Waals surface area contributed by atoms with E-state index in [-0.39, 0.29) is 0 Å². The highest BCUT2D eigenvalue weighted by atomic mass is 15.2. The quantitative estimate of drug-likeness (QED) is 0.779. The number of nitrogens with zero attached hydrogens (tertiary/aromatic N) is 1. The molecule has 0 amide bonds. The molecule has 0 aromatic heterocycles. The van der Waals surface area contributed by atoms with Gasteiger partial charge in [0.25, 0.3) is 0 Å². The molecule has 0 spiro atoms. The Labute approximate surface area is 98.7 Å². The van der Waals surface area contributed by atoms with Gasteiger partial charge in [0.15, 0.2) is 0 Å². The van der Waals surface area contributed by atoms with Crippen LogP contribution in [0.3, 0.4) is 0 Å². The Kier molecular flexibility index (Phi) is 3.49. The topological polar surface area (TPSA) is 15.3 Å². The van der Waals surface area contributed by atoms with Crippen molar-refractivity contribution in [2.24, 2.45) is 0 Å². The fourth-order valence-electron chi connectivity index (χ4n) is 2.31. The third-order valence-electron chi connectivity index (χ3n) is 3.41. The van der Waals surface area contributed by atoms with E-state index in [2.05, 4.69) is 49.2 Å². The maximum atomic E-state index is 3.54. The SMILES string of the molecule is Cc1ccc(C)c(N2CCNC(C)CC2)c1. The summed E-state index contributed by atoms with van der Waals surface area (Å²) in [6, 6.07) is 7.38. The summed E-state index contributed by atoms with van der Waals surface area (Å²) in [5, 5.41) is 3.54. The molecule has 2 nitrogen and oxygen atoms in total. The summed E-state index contributed by atoms with van der Waals surface area (Å²) in [7, 11) is 0. The molecule has 1 aromatic rings. The van der Waals surface area contributed by atoms with E-state index in [1.54, 1.807) is 0 Å². The van der Waals surface area contributed by atoms with Crippen LogP contribution >= 0.6 is 0 Å². The van der Waals surface area contributed by atoms with Crippen molar-refractivity contribution < 1.29 is 0 Å². The lowest BCUT2D eigenvalue weighted by Crippen LogP contribution is -2.29. The van der Waals surface area contributed by atoms with E-state index in [0.717, 1.165) is 13.1 Å². The molecule has 0 saturated carbocycles. The van der Waals surface area contributed by atoms with Gasteiger partial charge in [-0.3, -0.25) is 0 Å². The van der Waals surface area contributed by atoms with Crippen molar-refractivity contribution in [1.29, 1.82) is 0 Å². The second-order valence-corrected chi connectivity index (χ2v) is 4.92. The Morgan fingerprint density at radius 2 is 2.06 bits per heavy atom. The van der Waals surface area contributed by atoms with Gasteiger partial charge in [0.05, 0.1) is 0 Å². The summed E-state index contributed by atoms with van der Waals surface area (Å²) in [6.07, 6.45) is 1.23. The van der Waals surface area contributed by atoms with E-state index in [1.807, 2.05) is 0 Å². The van der Waals surface area contributed by atoms with E-state index in [4.69, 9.17) is 0 Å². The van der Waals surface area contributed by atoms with Gasteiger partial charge < -0.3 is 10.2 Å². The van der Waals surface area contributed by atoms with Crippen LogP contribution in [0.5, 0.6) is 0 Å². The molecule has 1 atom stereocenters. The van der Waals surface area contributed by atoms with Crippen LogP contribution in [0.15, 0.2) is 18.2 Å². The molecule has 1 aromatic carbocycles. The number of nitrogens with one attached hydrogen (secondary N) is 1. The Bertz CT molecular complexity index is 360. The van der Waals surface area contributed by atoms with Gasteiger partial charge in [-0.25, -0.2) is 0 Å². The average Bonchev–Trinajstić information content (AvgIpc) is 2.47. The molecule has 2 heteroatoms. The first-order chi connectivity index (χ1) is 7.66. The molecule has 88 valence electrons. The number of aryl methyl sites for hydroxylation is 2. The predicted molar refractivity (Wildman–Crippen MR) is 70.2 cm³/mol. The van der Waals surface area contributed by atoms with E-state index >= 15 is 0 Å². The first-order valence-electron chi connectivity index (χ1n) is 6.22. The third kappa shape index (κ3) is 2.56. The van der Waals surface area contributed by atoms with Crippen molar-refractivity contribution in [1.82, 2.24) is 5.32 Å². The van der Waals surface area contributed by atoms with Crippen molar-refractivity contribution in [2.45, 2.75) is 33.2 Å². The summed E-state index contributed by atoms with van der Waals surface area (Å²) in [5.74, 6) is 0. The van der Waals surface area contributed by atoms with Crippen LogP contribution < -0.4 is 10.2 Å². The fraction of sp³-hybridized carbons (Fsp3) is 0.571. The van der Waals surface area contributed by atoms with Crippen LogP contribution in [0.2, 0.25) is 0 Å². The van der Waals surface area contributed by atoms with Gasteiger partial charge in [-0.05, 0) is 44.4 Å². The van der Waals surface area contributed by atoms with E-state index in [9.17, 15) is 0 Å². The molecule has 1 aliphatic rings. The minimum atomic E-state index is 0.648. The largest absolute Gasteiger partial charge is 0.370 e. The van der Waals surface area contributed by atoms with Gasteiger partial charge in [0.2, 0.25) is 0 Å². The molecule has 2 rings (SSSR count). The normalized spacial score (nSPS) is 21.9. The van der Waals surface area contributed by atoms with E-state index < -0.39 is 0 Å². The minimum absolute atomic E-state index is 0.648. The van der Waals surface area contributed by atoms with Crippen LogP contribution in [-0.2, 0) is 0 Å². The average molecular weight is 218 g/mol. The van der Waals surface area contributed by atoms with Crippen LogP contribution in [0.1, 0.15) is 24.5 Å². The summed E-state index contributed by atoms with van der Waals surface area (Å²) < 4.78 is 0. The molecule has 16 heavy (non-hydrogen) atoms. The second-order valence-electron chi connectivity index (χ2n) is 4.92. The first-order valence-corrected chi connectivity index (χ1v) is 6.22. The summed E-state index contributed by atoms with van der Waals surface area (Å²) in [4.78, 5) is 2.51. The summed E-state index contributed by atoms with van der Waals surface area (Å²) >= 11 is 0. The van der Waals surface area contributed by atoms with Crippen LogP contribution in [-0.4, -0.2) is 25.7 Å². The number of hydrogen-bond donors (Lipinski definition) is 1.